The smallest absolute Gasteiger partial charge is 0.147 e. The first kappa shape index (κ1) is 13.4. The van der Waals surface area contributed by atoms with Gasteiger partial charge in [0.25, 0.3) is 0 Å². The fraction of sp³-hybridized carbons (Fsp3) is 0.455. The number of hydrogen-bond donors (Lipinski definition) is 2. The zero-order chi connectivity index (χ0) is 12.1. The molecule has 90 valence electrons. The molecule has 0 aliphatic rings. The summed E-state index contributed by atoms with van der Waals surface area (Å²) in [6, 6.07) is 3.06. The van der Waals surface area contributed by atoms with Crippen LogP contribution in [0, 0.1) is 5.82 Å². The molecule has 0 saturated heterocycles. The monoisotopic (exact) mass is 247 g/mol. The van der Waals surface area contributed by atoms with Gasteiger partial charge in [-0.15, -0.1) is 0 Å². The lowest BCUT2D eigenvalue weighted by molar-refractivity contribution is 0.170. The molecule has 0 bridgehead atoms. The van der Waals surface area contributed by atoms with Crippen LogP contribution in [-0.2, 0) is 11.3 Å². The number of nitrogens with one attached hydrogen (secondary N) is 1. The fourth-order valence-electron chi connectivity index (χ4n) is 1.46. The van der Waals surface area contributed by atoms with E-state index in [1.165, 1.54) is 6.07 Å². The van der Waals surface area contributed by atoms with Gasteiger partial charge in [-0.25, -0.2) is 4.39 Å². The fourth-order valence-corrected chi connectivity index (χ4v) is 1.71. The summed E-state index contributed by atoms with van der Waals surface area (Å²) in [7, 11) is 3.22. The molecule has 1 aromatic rings. The van der Waals surface area contributed by atoms with Gasteiger partial charge in [0, 0.05) is 19.2 Å². The van der Waals surface area contributed by atoms with Crippen molar-refractivity contribution in [2.45, 2.75) is 12.7 Å². The van der Waals surface area contributed by atoms with Gasteiger partial charge < -0.3 is 15.2 Å². The summed E-state index contributed by atoms with van der Waals surface area (Å²) < 4.78 is 18.6. The third-order valence-electron chi connectivity index (χ3n) is 2.18. The Hall–Kier alpha value is -0.680. The average molecular weight is 248 g/mol. The number of likely N-dealkylation sites (N-methyl/N-ethyl adjacent to an activating group) is 1. The highest BCUT2D eigenvalue weighted by molar-refractivity contribution is 6.30. The highest BCUT2D eigenvalue weighted by atomic mass is 35.5. The Labute approximate surface area is 99.2 Å². The van der Waals surface area contributed by atoms with Crippen LogP contribution in [0.5, 0.6) is 0 Å². The number of benzene rings is 1. The molecule has 1 rings (SSSR count). The molecule has 0 fully saturated rings. The van der Waals surface area contributed by atoms with Gasteiger partial charge in [0.2, 0.25) is 0 Å². The molecule has 0 amide bonds. The predicted octanol–water partition coefficient (Wildman–Crippen LogP) is 1.88. The van der Waals surface area contributed by atoms with Crippen molar-refractivity contribution in [2.75, 3.05) is 20.7 Å². The summed E-state index contributed by atoms with van der Waals surface area (Å²) in [5, 5.41) is 12.5. The molecule has 1 unspecified atom stereocenters. The van der Waals surface area contributed by atoms with Crippen LogP contribution in [0.15, 0.2) is 12.1 Å². The van der Waals surface area contributed by atoms with Crippen LogP contribution >= 0.6 is 11.6 Å². The van der Waals surface area contributed by atoms with E-state index < -0.39 is 11.9 Å². The van der Waals surface area contributed by atoms with E-state index in [1.54, 1.807) is 20.2 Å². The minimum absolute atomic E-state index is 0.000275. The van der Waals surface area contributed by atoms with Crippen LogP contribution in [0.4, 0.5) is 4.39 Å². The minimum atomic E-state index is -0.917. The van der Waals surface area contributed by atoms with Gasteiger partial charge in [0.15, 0.2) is 0 Å². The molecule has 1 atom stereocenters. The first-order valence-electron chi connectivity index (χ1n) is 4.89. The Morgan fingerprint density at radius 2 is 2.25 bits per heavy atom. The number of aliphatic hydroxyl groups is 1. The van der Waals surface area contributed by atoms with Crippen molar-refractivity contribution in [1.29, 1.82) is 0 Å². The lowest BCUT2D eigenvalue weighted by atomic mass is 10.1. The van der Waals surface area contributed by atoms with Crippen molar-refractivity contribution >= 4 is 11.6 Å². The normalized spacial score (nSPS) is 12.8. The van der Waals surface area contributed by atoms with Crippen LogP contribution in [0.1, 0.15) is 17.2 Å². The Morgan fingerprint density at radius 1 is 1.56 bits per heavy atom. The average Bonchev–Trinajstić information content (AvgIpc) is 2.23. The predicted molar refractivity (Wildman–Crippen MR) is 61.0 cm³/mol. The van der Waals surface area contributed by atoms with Gasteiger partial charge >= 0.3 is 0 Å². The van der Waals surface area contributed by atoms with Crippen LogP contribution < -0.4 is 5.32 Å². The summed E-state index contributed by atoms with van der Waals surface area (Å²) in [4.78, 5) is 0. The Balaban J connectivity index is 3.05. The van der Waals surface area contributed by atoms with E-state index in [-0.39, 0.29) is 17.1 Å². The largest absolute Gasteiger partial charge is 0.387 e. The van der Waals surface area contributed by atoms with Crippen LogP contribution in [0.2, 0.25) is 5.02 Å². The zero-order valence-corrected chi connectivity index (χ0v) is 10.0. The maximum atomic E-state index is 13.6. The summed E-state index contributed by atoms with van der Waals surface area (Å²) >= 11 is 5.74. The van der Waals surface area contributed by atoms with Gasteiger partial charge in [-0.2, -0.15) is 0 Å². The van der Waals surface area contributed by atoms with E-state index in [9.17, 15) is 9.50 Å². The number of rotatable bonds is 5. The Kier molecular flexibility index (Phi) is 5.15. The second-order valence-corrected chi connectivity index (χ2v) is 3.89. The van der Waals surface area contributed by atoms with Crippen molar-refractivity contribution in [2.24, 2.45) is 0 Å². The molecule has 0 radical (unpaired) electrons. The van der Waals surface area contributed by atoms with Crippen molar-refractivity contribution < 1.29 is 14.2 Å². The maximum Gasteiger partial charge on any atom is 0.147 e. The summed E-state index contributed by atoms with van der Waals surface area (Å²) in [5.41, 5.74) is 0.924. The number of hydrogen-bond acceptors (Lipinski definition) is 3. The molecule has 0 aliphatic carbocycles. The highest BCUT2D eigenvalue weighted by Crippen LogP contribution is 2.25. The highest BCUT2D eigenvalue weighted by Gasteiger charge is 2.16. The Bertz CT molecular complexity index is 360. The van der Waals surface area contributed by atoms with E-state index >= 15 is 0 Å². The van der Waals surface area contributed by atoms with E-state index in [4.69, 9.17) is 16.3 Å². The van der Waals surface area contributed by atoms with Crippen molar-refractivity contribution in [3.05, 3.63) is 34.1 Å². The third kappa shape index (κ3) is 3.15. The first-order valence-corrected chi connectivity index (χ1v) is 5.27. The van der Waals surface area contributed by atoms with Crippen molar-refractivity contribution in [3.8, 4) is 0 Å². The van der Waals surface area contributed by atoms with E-state index in [0.29, 0.717) is 6.61 Å². The van der Waals surface area contributed by atoms with E-state index in [1.807, 2.05) is 0 Å². The molecule has 0 spiro atoms. The van der Waals surface area contributed by atoms with E-state index in [2.05, 4.69) is 5.32 Å². The van der Waals surface area contributed by atoms with E-state index in [0.717, 1.165) is 5.56 Å². The van der Waals surface area contributed by atoms with Crippen LogP contribution in [0.3, 0.4) is 0 Å². The molecule has 0 saturated carbocycles. The molecular weight excluding hydrogens is 233 g/mol. The zero-order valence-electron chi connectivity index (χ0n) is 9.26. The lowest BCUT2D eigenvalue weighted by Gasteiger charge is -2.14. The maximum absolute atomic E-state index is 13.6. The molecular formula is C11H15ClFNO2. The van der Waals surface area contributed by atoms with Gasteiger partial charge in [0.05, 0.1) is 17.7 Å². The molecule has 5 heteroatoms. The molecule has 0 heterocycles. The van der Waals surface area contributed by atoms with Gasteiger partial charge in [-0.1, -0.05) is 11.6 Å². The summed E-state index contributed by atoms with van der Waals surface area (Å²) in [5.74, 6) is -0.579. The summed E-state index contributed by atoms with van der Waals surface area (Å²) in [6.45, 7) is 0.600. The second-order valence-electron chi connectivity index (χ2n) is 3.49. The summed E-state index contributed by atoms with van der Waals surface area (Å²) in [6.07, 6.45) is -0.917. The molecule has 0 aliphatic heterocycles. The van der Waals surface area contributed by atoms with Gasteiger partial charge in [0.1, 0.15) is 5.82 Å². The third-order valence-corrected chi connectivity index (χ3v) is 2.46. The van der Waals surface area contributed by atoms with Crippen LogP contribution in [-0.4, -0.2) is 25.8 Å². The van der Waals surface area contributed by atoms with Gasteiger partial charge in [-0.05, 0) is 24.7 Å². The van der Waals surface area contributed by atoms with Gasteiger partial charge in [-0.3, -0.25) is 0 Å². The lowest BCUT2D eigenvalue weighted by Crippen LogP contribution is -2.18. The molecule has 2 N–H and O–H groups in total. The Morgan fingerprint density at radius 3 is 2.81 bits per heavy atom. The molecule has 16 heavy (non-hydrogen) atoms. The SMILES string of the molecule is CNCC(O)c1cc(COC)cc(Cl)c1F. The number of halogens is 2. The second kappa shape index (κ2) is 6.15. The molecule has 1 aromatic carbocycles. The number of methoxy groups -OCH3 is 1. The standard InChI is InChI=1S/C11H15ClFNO2/c1-14-5-10(15)8-3-7(6-16-2)4-9(12)11(8)13/h3-4,10,14-15H,5-6H2,1-2H3. The molecule has 3 nitrogen and oxygen atoms in total. The van der Waals surface area contributed by atoms with Crippen LogP contribution in [0.25, 0.3) is 0 Å². The number of aliphatic hydroxyl groups excluding tert-OH is 1. The first-order chi connectivity index (χ1) is 7.60. The minimum Gasteiger partial charge on any atom is -0.387 e. The van der Waals surface area contributed by atoms with Crippen molar-refractivity contribution in [1.82, 2.24) is 5.32 Å². The number of ether oxygens (including phenoxy) is 1. The topological polar surface area (TPSA) is 41.5 Å². The molecule has 0 aromatic heterocycles. The van der Waals surface area contributed by atoms with Crippen molar-refractivity contribution in [3.63, 3.8) is 0 Å². The quantitative estimate of drug-likeness (QED) is 0.835.